The number of aromatic hydroxyl groups is 1. The van der Waals surface area contributed by atoms with Crippen LogP contribution in [0, 0.1) is 0 Å². The Labute approximate surface area is 105 Å². The maximum absolute atomic E-state index is 9.33. The van der Waals surface area contributed by atoms with Crippen LogP contribution in [-0.4, -0.2) is 5.11 Å². The largest absolute Gasteiger partial charge is 0.508 e. The Bertz CT molecular complexity index is 497. The third-order valence-corrected chi connectivity index (χ3v) is 2.71. The second kappa shape index (κ2) is 5.60. The van der Waals surface area contributed by atoms with Gasteiger partial charge in [0.05, 0.1) is 5.88 Å². The maximum Gasteiger partial charge on any atom is 0.124 e. The summed E-state index contributed by atoms with van der Waals surface area (Å²) in [5.74, 6) is 1.46. The lowest BCUT2D eigenvalue weighted by Crippen LogP contribution is -1.97. The van der Waals surface area contributed by atoms with Gasteiger partial charge in [-0.15, -0.1) is 11.6 Å². The molecule has 0 aromatic heterocycles. The number of para-hydroxylation sites is 1. The van der Waals surface area contributed by atoms with Gasteiger partial charge in [-0.05, 0) is 23.8 Å². The van der Waals surface area contributed by atoms with Crippen LogP contribution >= 0.6 is 11.6 Å². The fourth-order valence-electron chi connectivity index (χ4n) is 1.56. The first-order valence-corrected chi connectivity index (χ1v) is 5.87. The number of phenols is 1. The summed E-state index contributed by atoms with van der Waals surface area (Å²) in [4.78, 5) is 0. The van der Waals surface area contributed by atoms with Gasteiger partial charge in [0.1, 0.15) is 18.1 Å². The van der Waals surface area contributed by atoms with Gasteiger partial charge in [0.2, 0.25) is 0 Å². The van der Waals surface area contributed by atoms with Crippen molar-refractivity contribution in [3.8, 4) is 11.5 Å². The van der Waals surface area contributed by atoms with E-state index in [9.17, 15) is 5.11 Å². The third kappa shape index (κ3) is 3.14. The number of benzene rings is 2. The number of phenolic OH excluding ortho intramolecular Hbond substituents is 1. The topological polar surface area (TPSA) is 29.5 Å². The van der Waals surface area contributed by atoms with Crippen LogP contribution < -0.4 is 4.74 Å². The molecule has 0 saturated carbocycles. The average Bonchev–Trinajstić information content (AvgIpc) is 2.37. The zero-order chi connectivity index (χ0) is 12.1. The molecular weight excluding hydrogens is 236 g/mol. The first-order valence-electron chi connectivity index (χ1n) is 5.34. The van der Waals surface area contributed by atoms with Crippen LogP contribution in [0.2, 0.25) is 0 Å². The van der Waals surface area contributed by atoms with Crippen LogP contribution in [0.5, 0.6) is 11.5 Å². The minimum Gasteiger partial charge on any atom is -0.508 e. The molecule has 0 radical (unpaired) electrons. The van der Waals surface area contributed by atoms with E-state index in [0.717, 1.165) is 16.9 Å². The second-order valence-corrected chi connectivity index (χ2v) is 3.97. The normalized spacial score (nSPS) is 10.2. The van der Waals surface area contributed by atoms with E-state index in [1.807, 2.05) is 30.3 Å². The average molecular weight is 249 g/mol. The summed E-state index contributed by atoms with van der Waals surface area (Å²) < 4.78 is 5.67. The van der Waals surface area contributed by atoms with E-state index in [1.54, 1.807) is 18.2 Å². The zero-order valence-electron chi connectivity index (χ0n) is 9.27. The van der Waals surface area contributed by atoms with Crippen molar-refractivity contribution in [3.05, 3.63) is 59.7 Å². The molecular formula is C14H13ClO2. The maximum atomic E-state index is 9.33. The Morgan fingerprint density at radius 2 is 1.88 bits per heavy atom. The number of hydrogen-bond acceptors (Lipinski definition) is 2. The second-order valence-electron chi connectivity index (χ2n) is 3.70. The van der Waals surface area contributed by atoms with Crippen LogP contribution in [0.25, 0.3) is 0 Å². The fourth-order valence-corrected chi connectivity index (χ4v) is 1.78. The molecule has 0 aliphatic carbocycles. The molecule has 17 heavy (non-hydrogen) atoms. The highest BCUT2D eigenvalue weighted by Gasteiger charge is 2.02. The van der Waals surface area contributed by atoms with E-state index in [-0.39, 0.29) is 5.75 Å². The first kappa shape index (κ1) is 11.8. The summed E-state index contributed by atoms with van der Waals surface area (Å²) in [6.45, 7) is 0.419. The van der Waals surface area contributed by atoms with E-state index in [0.29, 0.717) is 12.5 Å². The fraction of sp³-hybridized carbons (Fsp3) is 0.143. The van der Waals surface area contributed by atoms with E-state index >= 15 is 0 Å². The van der Waals surface area contributed by atoms with Crippen LogP contribution in [0.3, 0.4) is 0 Å². The van der Waals surface area contributed by atoms with Gasteiger partial charge in [0.25, 0.3) is 0 Å². The lowest BCUT2D eigenvalue weighted by Gasteiger charge is -2.09. The van der Waals surface area contributed by atoms with Gasteiger partial charge in [-0.2, -0.15) is 0 Å². The predicted molar refractivity (Wildman–Crippen MR) is 68.4 cm³/mol. The first-order chi connectivity index (χ1) is 8.29. The molecule has 0 atom stereocenters. The highest BCUT2D eigenvalue weighted by molar-refractivity contribution is 6.17. The molecule has 88 valence electrons. The van der Waals surface area contributed by atoms with Crippen molar-refractivity contribution in [2.24, 2.45) is 0 Å². The molecule has 2 nitrogen and oxygen atoms in total. The quantitative estimate of drug-likeness (QED) is 0.836. The minimum atomic E-state index is 0.247. The highest BCUT2D eigenvalue weighted by Crippen LogP contribution is 2.21. The molecule has 0 heterocycles. The summed E-state index contributed by atoms with van der Waals surface area (Å²) in [5, 5.41) is 9.33. The van der Waals surface area contributed by atoms with Crippen molar-refractivity contribution in [3.63, 3.8) is 0 Å². The van der Waals surface area contributed by atoms with Crippen molar-refractivity contribution in [1.29, 1.82) is 0 Å². The molecule has 2 rings (SSSR count). The van der Waals surface area contributed by atoms with Gasteiger partial charge in [0, 0.05) is 5.56 Å². The molecule has 1 N–H and O–H groups in total. The van der Waals surface area contributed by atoms with Crippen LogP contribution in [0.15, 0.2) is 48.5 Å². The molecule has 2 aromatic carbocycles. The monoisotopic (exact) mass is 248 g/mol. The van der Waals surface area contributed by atoms with Crippen molar-refractivity contribution in [2.45, 2.75) is 12.5 Å². The van der Waals surface area contributed by atoms with Gasteiger partial charge in [-0.1, -0.05) is 30.3 Å². The smallest absolute Gasteiger partial charge is 0.124 e. The molecule has 3 heteroatoms. The summed E-state index contributed by atoms with van der Waals surface area (Å²) >= 11 is 5.82. The van der Waals surface area contributed by atoms with Crippen LogP contribution in [0.4, 0.5) is 0 Å². The predicted octanol–water partition coefficient (Wildman–Crippen LogP) is 3.71. The van der Waals surface area contributed by atoms with Gasteiger partial charge in [-0.3, -0.25) is 0 Å². The number of rotatable bonds is 4. The summed E-state index contributed by atoms with van der Waals surface area (Å²) in [6, 6.07) is 14.7. The SMILES string of the molecule is Oc1cccc(COc2ccccc2CCl)c1. The van der Waals surface area contributed by atoms with E-state index in [2.05, 4.69) is 0 Å². The van der Waals surface area contributed by atoms with Gasteiger partial charge in [0.15, 0.2) is 0 Å². The van der Waals surface area contributed by atoms with Crippen molar-refractivity contribution in [2.75, 3.05) is 0 Å². The Morgan fingerprint density at radius 3 is 2.65 bits per heavy atom. The standard InChI is InChI=1S/C14H13ClO2/c15-9-12-5-1-2-7-14(12)17-10-11-4-3-6-13(16)8-11/h1-8,16H,9-10H2. The van der Waals surface area contributed by atoms with E-state index in [1.165, 1.54) is 0 Å². The zero-order valence-corrected chi connectivity index (χ0v) is 10.0. The molecule has 0 fully saturated rings. The molecule has 0 aliphatic heterocycles. The van der Waals surface area contributed by atoms with Gasteiger partial charge >= 0.3 is 0 Å². The Hall–Kier alpha value is -1.67. The molecule has 2 aromatic rings. The van der Waals surface area contributed by atoms with Crippen LogP contribution in [-0.2, 0) is 12.5 Å². The van der Waals surface area contributed by atoms with Crippen LogP contribution in [0.1, 0.15) is 11.1 Å². The Kier molecular flexibility index (Phi) is 3.89. The Morgan fingerprint density at radius 1 is 1.06 bits per heavy atom. The molecule has 0 aliphatic rings. The molecule has 0 saturated heterocycles. The van der Waals surface area contributed by atoms with Crippen molar-refractivity contribution < 1.29 is 9.84 Å². The van der Waals surface area contributed by atoms with Gasteiger partial charge in [-0.25, -0.2) is 0 Å². The third-order valence-electron chi connectivity index (χ3n) is 2.42. The molecule has 0 amide bonds. The lowest BCUT2D eigenvalue weighted by molar-refractivity contribution is 0.303. The molecule has 0 spiro atoms. The Balaban J connectivity index is 2.07. The lowest BCUT2D eigenvalue weighted by atomic mass is 10.2. The summed E-state index contributed by atoms with van der Waals surface area (Å²) in [5.41, 5.74) is 1.89. The van der Waals surface area contributed by atoms with Gasteiger partial charge < -0.3 is 9.84 Å². The number of hydrogen-bond donors (Lipinski definition) is 1. The van der Waals surface area contributed by atoms with Crippen molar-refractivity contribution >= 4 is 11.6 Å². The summed E-state index contributed by atoms with van der Waals surface area (Å²) in [7, 11) is 0. The highest BCUT2D eigenvalue weighted by atomic mass is 35.5. The minimum absolute atomic E-state index is 0.247. The van der Waals surface area contributed by atoms with E-state index < -0.39 is 0 Å². The molecule has 0 unspecified atom stereocenters. The number of ether oxygens (including phenoxy) is 1. The molecule has 0 bridgehead atoms. The number of alkyl halides is 1. The van der Waals surface area contributed by atoms with Crippen molar-refractivity contribution in [1.82, 2.24) is 0 Å². The number of halogens is 1. The van der Waals surface area contributed by atoms with E-state index in [4.69, 9.17) is 16.3 Å². The summed E-state index contributed by atoms with van der Waals surface area (Å²) in [6.07, 6.45) is 0.